The van der Waals surface area contributed by atoms with Gasteiger partial charge in [0.05, 0.1) is 12.3 Å². The van der Waals surface area contributed by atoms with Crippen molar-refractivity contribution in [3.05, 3.63) is 64.7 Å². The predicted octanol–water partition coefficient (Wildman–Crippen LogP) is 5.10. The zero-order chi connectivity index (χ0) is 27.4. The predicted molar refractivity (Wildman–Crippen MR) is 156 cm³/mol. The molecule has 1 N–H and O–H groups in total. The van der Waals surface area contributed by atoms with Gasteiger partial charge >= 0.3 is 0 Å². The first-order valence-corrected chi connectivity index (χ1v) is 14.7. The molecule has 0 bridgehead atoms. The Morgan fingerprint density at radius 2 is 1.72 bits per heavy atom. The van der Waals surface area contributed by atoms with Crippen LogP contribution in [0.1, 0.15) is 41.4 Å². The number of nitrogens with zero attached hydrogens (tertiary/aromatic N) is 4. The van der Waals surface area contributed by atoms with Crippen molar-refractivity contribution in [2.24, 2.45) is 5.92 Å². The number of carbonyl (C=O) groups is 2. The van der Waals surface area contributed by atoms with E-state index in [4.69, 9.17) is 4.74 Å². The van der Waals surface area contributed by atoms with E-state index in [2.05, 4.69) is 47.2 Å². The smallest absolute Gasteiger partial charge is 0.273 e. The van der Waals surface area contributed by atoms with Gasteiger partial charge < -0.3 is 24.8 Å². The lowest BCUT2D eigenvalue weighted by molar-refractivity contribution is -0.137. The summed E-state index contributed by atoms with van der Waals surface area (Å²) < 4.78 is 5.80. The second kappa shape index (κ2) is 12.1. The van der Waals surface area contributed by atoms with Crippen molar-refractivity contribution in [3.8, 4) is 5.75 Å². The van der Waals surface area contributed by atoms with Gasteiger partial charge in [-0.2, -0.15) is 0 Å². The normalized spacial score (nSPS) is 16.3. The molecule has 39 heavy (non-hydrogen) atoms. The highest BCUT2D eigenvalue weighted by molar-refractivity contribution is 7.14. The number of anilines is 3. The Morgan fingerprint density at radius 1 is 0.974 bits per heavy atom. The summed E-state index contributed by atoms with van der Waals surface area (Å²) in [7, 11) is 0. The number of piperazine rings is 1. The zero-order valence-corrected chi connectivity index (χ0v) is 23.8. The molecule has 0 spiro atoms. The quantitative estimate of drug-likeness (QED) is 0.443. The van der Waals surface area contributed by atoms with Gasteiger partial charge in [-0.3, -0.25) is 9.59 Å². The fourth-order valence-electron chi connectivity index (χ4n) is 5.29. The number of carbonyl (C=O) groups excluding carboxylic acids is 2. The van der Waals surface area contributed by atoms with Crippen molar-refractivity contribution in [1.82, 2.24) is 14.8 Å². The molecule has 3 heterocycles. The van der Waals surface area contributed by atoms with Crippen LogP contribution in [0.4, 0.5) is 16.5 Å². The van der Waals surface area contributed by atoms with Gasteiger partial charge in [0, 0.05) is 56.3 Å². The Hall–Kier alpha value is -3.59. The number of piperidine rings is 1. The van der Waals surface area contributed by atoms with E-state index in [1.807, 2.05) is 46.4 Å². The molecule has 0 unspecified atom stereocenters. The number of ether oxygens (including phenoxy) is 1. The van der Waals surface area contributed by atoms with Crippen LogP contribution in [0, 0.1) is 19.8 Å². The van der Waals surface area contributed by atoms with E-state index >= 15 is 0 Å². The minimum atomic E-state index is -0.0631. The first-order chi connectivity index (χ1) is 18.9. The van der Waals surface area contributed by atoms with E-state index in [-0.39, 0.29) is 17.7 Å². The molecule has 3 aromatic rings. The molecule has 0 atom stereocenters. The number of nitrogens with one attached hydrogen (secondary N) is 1. The average molecular weight is 548 g/mol. The Bertz CT molecular complexity index is 1310. The number of likely N-dealkylation sites (tertiary alicyclic amines) is 1. The first kappa shape index (κ1) is 27.0. The Kier molecular flexibility index (Phi) is 8.35. The van der Waals surface area contributed by atoms with E-state index in [1.54, 1.807) is 0 Å². The molecule has 2 aliphatic heterocycles. The Labute approximate surface area is 234 Å². The van der Waals surface area contributed by atoms with E-state index < -0.39 is 0 Å². The van der Waals surface area contributed by atoms with Crippen molar-refractivity contribution in [2.75, 3.05) is 56.1 Å². The fraction of sp³-hybridized carbons (Fsp3) is 0.433. The standard InChI is InChI=1S/C30H37N5O3S/c1-4-38-27-8-6-5-7-26(27)33-15-17-35(18-16-33)28(36)23-11-13-34(14-12-23)29(37)25-20-39-30(32-25)31-24-10-9-21(2)22(3)19-24/h5-10,19-20,23H,4,11-18H2,1-3H3,(H,31,32). The summed E-state index contributed by atoms with van der Waals surface area (Å²) in [6, 6.07) is 14.3. The van der Waals surface area contributed by atoms with Gasteiger partial charge in [-0.05, 0) is 69.0 Å². The lowest BCUT2D eigenvalue weighted by Crippen LogP contribution is -2.52. The molecule has 1 aromatic heterocycles. The Balaban J connectivity index is 1.11. The van der Waals surface area contributed by atoms with Gasteiger partial charge in [0.25, 0.3) is 5.91 Å². The third-order valence-electron chi connectivity index (χ3n) is 7.71. The second-order valence-electron chi connectivity index (χ2n) is 10.2. The number of aromatic nitrogens is 1. The van der Waals surface area contributed by atoms with E-state index in [9.17, 15) is 9.59 Å². The molecule has 206 valence electrons. The molecule has 5 rings (SSSR count). The number of benzene rings is 2. The van der Waals surface area contributed by atoms with Crippen molar-refractivity contribution < 1.29 is 14.3 Å². The van der Waals surface area contributed by atoms with Gasteiger partial charge in [0.2, 0.25) is 5.91 Å². The minimum absolute atomic E-state index is 0.0336. The van der Waals surface area contributed by atoms with Gasteiger partial charge in [0.15, 0.2) is 5.13 Å². The first-order valence-electron chi connectivity index (χ1n) is 13.8. The van der Waals surface area contributed by atoms with Crippen molar-refractivity contribution in [2.45, 2.75) is 33.6 Å². The average Bonchev–Trinajstić information content (AvgIpc) is 3.43. The largest absolute Gasteiger partial charge is 0.492 e. The molecule has 9 heteroatoms. The van der Waals surface area contributed by atoms with Gasteiger partial charge in [-0.15, -0.1) is 11.3 Å². The molecule has 0 saturated carbocycles. The van der Waals surface area contributed by atoms with E-state index in [0.29, 0.717) is 56.5 Å². The Morgan fingerprint density at radius 3 is 2.44 bits per heavy atom. The summed E-state index contributed by atoms with van der Waals surface area (Å²) in [6.45, 7) is 10.9. The van der Waals surface area contributed by atoms with Crippen LogP contribution in [0.5, 0.6) is 5.75 Å². The molecule has 8 nitrogen and oxygen atoms in total. The second-order valence-corrected chi connectivity index (χ2v) is 11.1. The highest BCUT2D eigenvalue weighted by atomic mass is 32.1. The summed E-state index contributed by atoms with van der Waals surface area (Å²) in [5.41, 5.74) is 4.96. The molecular formula is C30H37N5O3S. The number of aryl methyl sites for hydroxylation is 2. The van der Waals surface area contributed by atoms with Crippen LogP contribution >= 0.6 is 11.3 Å². The van der Waals surface area contributed by atoms with Crippen LogP contribution in [0.15, 0.2) is 47.8 Å². The SMILES string of the molecule is CCOc1ccccc1N1CCN(C(=O)C2CCN(C(=O)c3csc(Nc4ccc(C)c(C)c4)n3)CC2)CC1. The highest BCUT2D eigenvalue weighted by Gasteiger charge is 2.32. The van der Waals surface area contributed by atoms with Crippen LogP contribution in [0.25, 0.3) is 0 Å². The van der Waals surface area contributed by atoms with Gasteiger partial charge in [-0.25, -0.2) is 4.98 Å². The lowest BCUT2D eigenvalue weighted by Gasteiger charge is -2.39. The molecule has 2 amide bonds. The third kappa shape index (κ3) is 6.19. The maximum Gasteiger partial charge on any atom is 0.273 e. The number of thiazole rings is 1. The molecule has 0 aliphatic carbocycles. The number of hydrogen-bond donors (Lipinski definition) is 1. The molecule has 2 fully saturated rings. The summed E-state index contributed by atoms with van der Waals surface area (Å²) >= 11 is 1.43. The summed E-state index contributed by atoms with van der Waals surface area (Å²) in [5, 5.41) is 5.82. The van der Waals surface area contributed by atoms with Crippen LogP contribution < -0.4 is 15.0 Å². The third-order valence-corrected chi connectivity index (χ3v) is 8.47. The van der Waals surface area contributed by atoms with Crippen LogP contribution in [0.3, 0.4) is 0 Å². The topological polar surface area (TPSA) is 78.0 Å². The molecular weight excluding hydrogens is 510 g/mol. The molecule has 2 saturated heterocycles. The van der Waals surface area contributed by atoms with Gasteiger partial charge in [-0.1, -0.05) is 18.2 Å². The molecule has 2 aromatic carbocycles. The van der Waals surface area contributed by atoms with E-state index in [1.165, 1.54) is 22.5 Å². The van der Waals surface area contributed by atoms with Crippen molar-refractivity contribution >= 4 is 39.7 Å². The number of para-hydroxylation sites is 2. The summed E-state index contributed by atoms with van der Waals surface area (Å²) in [4.78, 5) is 37.1. The maximum absolute atomic E-state index is 13.3. The summed E-state index contributed by atoms with van der Waals surface area (Å²) in [6.07, 6.45) is 1.38. The minimum Gasteiger partial charge on any atom is -0.492 e. The van der Waals surface area contributed by atoms with Crippen molar-refractivity contribution in [3.63, 3.8) is 0 Å². The zero-order valence-electron chi connectivity index (χ0n) is 23.0. The van der Waals surface area contributed by atoms with Crippen molar-refractivity contribution in [1.29, 1.82) is 0 Å². The molecule has 2 aliphatic rings. The number of rotatable bonds is 7. The highest BCUT2D eigenvalue weighted by Crippen LogP contribution is 2.30. The van der Waals surface area contributed by atoms with Crippen LogP contribution in [-0.2, 0) is 4.79 Å². The molecule has 0 radical (unpaired) electrons. The number of amides is 2. The van der Waals surface area contributed by atoms with Crippen LogP contribution in [-0.4, -0.2) is 72.5 Å². The van der Waals surface area contributed by atoms with Crippen LogP contribution in [0.2, 0.25) is 0 Å². The monoisotopic (exact) mass is 547 g/mol. The summed E-state index contributed by atoms with van der Waals surface area (Å²) in [5.74, 6) is 1.01. The maximum atomic E-state index is 13.3. The van der Waals surface area contributed by atoms with E-state index in [0.717, 1.165) is 30.2 Å². The number of hydrogen-bond acceptors (Lipinski definition) is 7. The van der Waals surface area contributed by atoms with Gasteiger partial charge in [0.1, 0.15) is 11.4 Å². The lowest BCUT2D eigenvalue weighted by atomic mass is 9.94. The fourth-order valence-corrected chi connectivity index (χ4v) is 5.99.